The summed E-state index contributed by atoms with van der Waals surface area (Å²) in [6, 6.07) is 6.60. The Morgan fingerprint density at radius 3 is 2.92 bits per heavy atom. The van der Waals surface area contributed by atoms with Crippen molar-refractivity contribution in [2.45, 2.75) is 38.8 Å². The number of halogens is 1. The molecule has 134 valence electrons. The molecule has 2 heterocycles. The first kappa shape index (κ1) is 17.0. The first-order valence-corrected chi connectivity index (χ1v) is 9.64. The topological polar surface area (TPSA) is 46.9 Å². The number of benzene rings is 1. The molecule has 0 amide bonds. The van der Waals surface area contributed by atoms with Crippen molar-refractivity contribution in [2.75, 3.05) is 5.32 Å². The quantitative estimate of drug-likeness (QED) is 0.683. The first-order chi connectivity index (χ1) is 12.7. The molecule has 1 aliphatic carbocycles. The fraction of sp³-hybridized carbons (Fsp3) is 0.300. The third-order valence-electron chi connectivity index (χ3n) is 4.78. The Hall–Kier alpha value is -2.47. The number of hydrogen-bond acceptors (Lipinski definition) is 4. The number of rotatable bonds is 5. The fourth-order valence-electron chi connectivity index (χ4n) is 3.49. The zero-order valence-electron chi connectivity index (χ0n) is 14.4. The lowest BCUT2D eigenvalue weighted by Gasteiger charge is -2.14. The minimum Gasteiger partial charge on any atom is -0.351 e. The van der Waals surface area contributed by atoms with Crippen molar-refractivity contribution in [1.82, 2.24) is 9.55 Å². The predicted octanol–water partition coefficient (Wildman–Crippen LogP) is 4.27. The van der Waals surface area contributed by atoms with Crippen LogP contribution in [0.4, 0.5) is 10.3 Å². The third-order valence-corrected chi connectivity index (χ3v) is 5.97. The average Bonchev–Trinajstić information content (AvgIpc) is 3.02. The van der Waals surface area contributed by atoms with Crippen LogP contribution in [-0.4, -0.2) is 9.55 Å². The number of anilines is 1. The minimum absolute atomic E-state index is 0.0367. The van der Waals surface area contributed by atoms with Crippen LogP contribution in [0.25, 0.3) is 10.2 Å². The van der Waals surface area contributed by atoms with Crippen molar-refractivity contribution in [3.63, 3.8) is 0 Å². The van der Waals surface area contributed by atoms with Gasteiger partial charge in [-0.15, -0.1) is 17.9 Å². The zero-order valence-corrected chi connectivity index (χ0v) is 15.2. The largest absolute Gasteiger partial charge is 0.351 e. The molecule has 0 spiro atoms. The van der Waals surface area contributed by atoms with E-state index in [4.69, 9.17) is 4.98 Å². The van der Waals surface area contributed by atoms with Gasteiger partial charge < -0.3 is 5.32 Å². The number of aromatic nitrogens is 2. The SMILES string of the molecule is C=CCn1c(NCc2ccccc2F)nc2sc3c(c2c1=O)CCCC3. The number of nitrogens with one attached hydrogen (secondary N) is 1. The van der Waals surface area contributed by atoms with Crippen molar-refractivity contribution in [3.05, 3.63) is 69.1 Å². The number of fused-ring (bicyclic) bond motifs is 3. The van der Waals surface area contributed by atoms with Gasteiger partial charge in [-0.3, -0.25) is 9.36 Å². The number of thiophene rings is 1. The maximum absolute atomic E-state index is 13.9. The highest BCUT2D eigenvalue weighted by atomic mass is 32.1. The van der Waals surface area contributed by atoms with Crippen LogP contribution < -0.4 is 10.9 Å². The third kappa shape index (κ3) is 2.94. The van der Waals surface area contributed by atoms with E-state index in [2.05, 4.69) is 11.9 Å². The van der Waals surface area contributed by atoms with Crippen molar-refractivity contribution in [2.24, 2.45) is 0 Å². The molecule has 1 aromatic carbocycles. The Bertz CT molecular complexity index is 1040. The lowest BCUT2D eigenvalue weighted by Crippen LogP contribution is -2.25. The Labute approximate surface area is 155 Å². The highest BCUT2D eigenvalue weighted by molar-refractivity contribution is 7.18. The Kier molecular flexibility index (Phi) is 4.59. The van der Waals surface area contributed by atoms with Gasteiger partial charge in [0.1, 0.15) is 10.6 Å². The monoisotopic (exact) mass is 369 g/mol. The van der Waals surface area contributed by atoms with Gasteiger partial charge in [0.05, 0.1) is 5.39 Å². The Morgan fingerprint density at radius 2 is 2.12 bits per heavy atom. The molecule has 1 N–H and O–H groups in total. The molecule has 4 rings (SSSR count). The van der Waals surface area contributed by atoms with Crippen molar-refractivity contribution in [3.8, 4) is 0 Å². The minimum atomic E-state index is -0.273. The van der Waals surface area contributed by atoms with E-state index in [1.54, 1.807) is 40.2 Å². The van der Waals surface area contributed by atoms with Gasteiger partial charge in [-0.2, -0.15) is 0 Å². The van der Waals surface area contributed by atoms with Gasteiger partial charge in [-0.25, -0.2) is 9.37 Å². The zero-order chi connectivity index (χ0) is 18.1. The predicted molar refractivity (Wildman–Crippen MR) is 104 cm³/mol. The van der Waals surface area contributed by atoms with Crippen molar-refractivity contribution in [1.29, 1.82) is 0 Å². The van der Waals surface area contributed by atoms with E-state index in [0.29, 0.717) is 18.1 Å². The fourth-order valence-corrected chi connectivity index (χ4v) is 4.74. The van der Waals surface area contributed by atoms with Crippen molar-refractivity contribution >= 4 is 27.5 Å². The van der Waals surface area contributed by atoms with Crippen LogP contribution >= 0.6 is 11.3 Å². The van der Waals surface area contributed by atoms with Gasteiger partial charge >= 0.3 is 0 Å². The standard InChI is InChI=1S/C20H20FN3OS/c1-2-11-24-19(25)17-14-8-4-6-10-16(14)26-18(17)23-20(24)22-12-13-7-3-5-9-15(13)21/h2-3,5,7,9H,1,4,6,8,10-12H2,(H,22,23). The number of allylic oxidation sites excluding steroid dienone is 1. The summed E-state index contributed by atoms with van der Waals surface area (Å²) in [5, 5.41) is 3.89. The van der Waals surface area contributed by atoms with E-state index in [1.165, 1.54) is 22.9 Å². The van der Waals surface area contributed by atoms with Gasteiger partial charge in [0.15, 0.2) is 0 Å². The molecule has 0 atom stereocenters. The van der Waals surface area contributed by atoms with E-state index in [-0.39, 0.29) is 17.9 Å². The molecule has 0 radical (unpaired) electrons. The summed E-state index contributed by atoms with van der Waals surface area (Å²) in [5.41, 5.74) is 1.68. The Balaban J connectivity index is 1.78. The normalized spacial score (nSPS) is 13.6. The van der Waals surface area contributed by atoms with E-state index in [0.717, 1.165) is 29.5 Å². The number of aryl methyl sites for hydroxylation is 2. The second-order valence-electron chi connectivity index (χ2n) is 6.48. The maximum atomic E-state index is 13.9. The molecule has 3 aromatic rings. The van der Waals surface area contributed by atoms with Crippen LogP contribution in [0.3, 0.4) is 0 Å². The van der Waals surface area contributed by atoms with Gasteiger partial charge in [0.2, 0.25) is 5.95 Å². The molecule has 6 heteroatoms. The van der Waals surface area contributed by atoms with Gasteiger partial charge in [-0.05, 0) is 37.3 Å². The van der Waals surface area contributed by atoms with Gasteiger partial charge in [-0.1, -0.05) is 24.3 Å². The smallest absolute Gasteiger partial charge is 0.264 e. The highest BCUT2D eigenvalue weighted by Crippen LogP contribution is 2.34. The summed E-state index contributed by atoms with van der Waals surface area (Å²) in [6.07, 6.45) is 5.94. The van der Waals surface area contributed by atoms with Gasteiger partial charge in [0, 0.05) is 23.5 Å². The molecule has 0 fully saturated rings. The molecular weight excluding hydrogens is 349 g/mol. The maximum Gasteiger partial charge on any atom is 0.264 e. The first-order valence-electron chi connectivity index (χ1n) is 8.82. The van der Waals surface area contributed by atoms with E-state index >= 15 is 0 Å². The van der Waals surface area contributed by atoms with Crippen LogP contribution in [0, 0.1) is 5.82 Å². The number of nitrogens with zero attached hydrogens (tertiary/aromatic N) is 2. The number of hydrogen-bond donors (Lipinski definition) is 1. The molecule has 1 aliphatic rings. The molecular formula is C20H20FN3OS. The van der Waals surface area contributed by atoms with E-state index in [9.17, 15) is 9.18 Å². The summed E-state index contributed by atoms with van der Waals surface area (Å²) in [5.74, 6) is 0.189. The highest BCUT2D eigenvalue weighted by Gasteiger charge is 2.21. The second kappa shape index (κ2) is 7.03. The molecule has 0 aliphatic heterocycles. The van der Waals surface area contributed by atoms with Crippen LogP contribution in [-0.2, 0) is 25.9 Å². The molecule has 0 saturated heterocycles. The molecule has 0 bridgehead atoms. The molecule has 0 saturated carbocycles. The van der Waals surface area contributed by atoms with Gasteiger partial charge in [0.25, 0.3) is 5.56 Å². The summed E-state index contributed by atoms with van der Waals surface area (Å²) in [6.45, 7) is 4.39. The van der Waals surface area contributed by atoms with E-state index in [1.807, 2.05) is 0 Å². The summed E-state index contributed by atoms with van der Waals surface area (Å²) in [7, 11) is 0. The van der Waals surface area contributed by atoms with Crippen LogP contribution in [0.2, 0.25) is 0 Å². The van der Waals surface area contributed by atoms with Crippen LogP contribution in [0.1, 0.15) is 28.8 Å². The summed E-state index contributed by atoms with van der Waals surface area (Å²) >= 11 is 1.62. The van der Waals surface area contributed by atoms with E-state index < -0.39 is 0 Å². The molecule has 4 nitrogen and oxygen atoms in total. The summed E-state index contributed by atoms with van der Waals surface area (Å²) in [4.78, 5) is 19.9. The lowest BCUT2D eigenvalue weighted by atomic mass is 9.97. The second-order valence-corrected chi connectivity index (χ2v) is 7.56. The van der Waals surface area contributed by atoms with Crippen LogP contribution in [0.5, 0.6) is 0 Å². The van der Waals surface area contributed by atoms with Crippen LogP contribution in [0.15, 0.2) is 41.7 Å². The van der Waals surface area contributed by atoms with Crippen molar-refractivity contribution < 1.29 is 4.39 Å². The molecule has 2 aromatic heterocycles. The Morgan fingerprint density at radius 1 is 1.31 bits per heavy atom. The summed E-state index contributed by atoms with van der Waals surface area (Å²) < 4.78 is 15.5. The molecule has 26 heavy (non-hydrogen) atoms. The molecule has 0 unspecified atom stereocenters. The lowest BCUT2D eigenvalue weighted by molar-refractivity contribution is 0.612. The average molecular weight is 369 g/mol.